The van der Waals surface area contributed by atoms with E-state index in [-0.39, 0.29) is 33.4 Å². The molecule has 3 aromatic rings. The number of benzene rings is 3. The molecule has 3 heterocycles. The van der Waals surface area contributed by atoms with E-state index >= 15 is 0 Å². The van der Waals surface area contributed by atoms with Crippen molar-refractivity contribution in [2.24, 2.45) is 0 Å². The van der Waals surface area contributed by atoms with Crippen LogP contribution < -0.4 is 14.2 Å². The highest BCUT2D eigenvalue weighted by Crippen LogP contribution is 2.39. The SMILES string of the molecule is CCCN1CCC(O)(c2ccc(C#N)c(OC(F)F)c2)CC1.CCN1CCC(O)(c2ccc(C#N)c(OC(F)F)c2)CC1.CCN1CCC(O)(c2ccc(Cl)c(OC(F)F)c2)CC1. The van der Waals surface area contributed by atoms with Crippen LogP contribution in [-0.4, -0.2) is 109 Å². The number of rotatable bonds is 13. The van der Waals surface area contributed by atoms with Gasteiger partial charge < -0.3 is 44.2 Å². The zero-order valence-corrected chi connectivity index (χ0v) is 36.4. The van der Waals surface area contributed by atoms with E-state index in [4.69, 9.17) is 22.1 Å². The lowest BCUT2D eigenvalue weighted by Gasteiger charge is -2.38. The summed E-state index contributed by atoms with van der Waals surface area (Å²) in [7, 11) is 0. The molecule has 3 fully saturated rings. The van der Waals surface area contributed by atoms with Crippen molar-refractivity contribution in [3.05, 3.63) is 87.4 Å². The van der Waals surface area contributed by atoms with Crippen LogP contribution in [0.15, 0.2) is 54.6 Å². The third-order valence-corrected chi connectivity index (χ3v) is 12.2. The molecule has 3 aliphatic rings. The Bertz CT molecular complexity index is 2000. The maximum absolute atomic E-state index is 12.4. The molecule has 0 saturated carbocycles. The summed E-state index contributed by atoms with van der Waals surface area (Å²) in [5.74, 6) is -0.457. The molecule has 3 saturated heterocycles. The molecule has 3 N–H and O–H groups in total. The predicted octanol–water partition coefficient (Wildman–Crippen LogP) is 8.56. The van der Waals surface area contributed by atoms with Gasteiger partial charge in [0, 0.05) is 39.3 Å². The van der Waals surface area contributed by atoms with Crippen LogP contribution >= 0.6 is 11.6 Å². The molecule has 0 atom stereocenters. The van der Waals surface area contributed by atoms with E-state index in [1.54, 1.807) is 18.2 Å². The van der Waals surface area contributed by atoms with Gasteiger partial charge in [-0.2, -0.15) is 36.9 Å². The minimum absolute atomic E-state index is 0.0358. The summed E-state index contributed by atoms with van der Waals surface area (Å²) in [4.78, 5) is 6.73. The Kier molecular flexibility index (Phi) is 19.2. The van der Waals surface area contributed by atoms with Crippen molar-refractivity contribution < 1.29 is 55.9 Å². The summed E-state index contributed by atoms with van der Waals surface area (Å²) < 4.78 is 87.5. The van der Waals surface area contributed by atoms with Crippen LogP contribution in [0.1, 0.15) is 93.5 Å². The van der Waals surface area contributed by atoms with E-state index in [0.29, 0.717) is 55.2 Å². The molecule has 0 amide bonds. The van der Waals surface area contributed by atoms with E-state index in [1.807, 2.05) is 12.1 Å². The molecule has 0 aliphatic carbocycles. The number of likely N-dealkylation sites (tertiary alicyclic amines) is 3. The second-order valence-corrected chi connectivity index (χ2v) is 16.1. The second kappa shape index (κ2) is 23.6. The normalized spacial score (nSPS) is 18.6. The van der Waals surface area contributed by atoms with Gasteiger partial charge >= 0.3 is 19.8 Å². The van der Waals surface area contributed by atoms with Crippen molar-refractivity contribution >= 4 is 11.6 Å². The van der Waals surface area contributed by atoms with Crippen LogP contribution in [0.5, 0.6) is 17.2 Å². The molecule has 346 valence electrons. The summed E-state index contributed by atoms with van der Waals surface area (Å²) in [5, 5.41) is 50.2. The third kappa shape index (κ3) is 14.3. The van der Waals surface area contributed by atoms with Crippen LogP contribution in [-0.2, 0) is 16.8 Å². The van der Waals surface area contributed by atoms with Crippen molar-refractivity contribution in [3.8, 4) is 29.4 Å². The maximum Gasteiger partial charge on any atom is 0.387 e. The van der Waals surface area contributed by atoms with Gasteiger partial charge in [-0.15, -0.1) is 0 Å². The molecule has 0 unspecified atom stereocenters. The summed E-state index contributed by atoms with van der Waals surface area (Å²) in [6.07, 6.45) is 4.32. The Balaban J connectivity index is 0.000000208. The number of hydrogen-bond acceptors (Lipinski definition) is 11. The number of aliphatic hydroxyl groups is 3. The summed E-state index contributed by atoms with van der Waals surface area (Å²) >= 11 is 5.82. The molecular weight excluding hydrogens is 856 g/mol. The maximum atomic E-state index is 12.4. The first-order valence-electron chi connectivity index (χ1n) is 21.0. The first-order chi connectivity index (χ1) is 29.9. The summed E-state index contributed by atoms with van der Waals surface area (Å²) in [5.41, 5.74) is -1.42. The van der Waals surface area contributed by atoms with E-state index in [1.165, 1.54) is 36.4 Å². The van der Waals surface area contributed by atoms with Gasteiger partial charge in [-0.3, -0.25) is 0 Å². The monoisotopic (exact) mass is 911 g/mol. The molecule has 0 radical (unpaired) electrons. The van der Waals surface area contributed by atoms with Crippen LogP contribution in [0.4, 0.5) is 26.3 Å². The number of hydrogen-bond donors (Lipinski definition) is 3. The molecule has 11 nitrogen and oxygen atoms in total. The average Bonchev–Trinajstić information content (AvgIpc) is 3.26. The Morgan fingerprint density at radius 3 is 1.19 bits per heavy atom. The first-order valence-corrected chi connectivity index (χ1v) is 21.4. The Labute approximate surface area is 369 Å². The van der Waals surface area contributed by atoms with Gasteiger partial charge in [-0.25, -0.2) is 0 Å². The minimum atomic E-state index is -3.00. The van der Waals surface area contributed by atoms with E-state index in [2.05, 4.69) is 49.7 Å². The molecule has 18 heteroatoms. The Hall–Kier alpha value is -4.33. The quantitative estimate of drug-likeness (QED) is 0.142. The van der Waals surface area contributed by atoms with Crippen molar-refractivity contribution in [3.63, 3.8) is 0 Å². The van der Waals surface area contributed by atoms with Crippen LogP contribution in [0.3, 0.4) is 0 Å². The summed E-state index contributed by atoms with van der Waals surface area (Å²) in [6.45, 7) is 4.73. The molecule has 0 bridgehead atoms. The van der Waals surface area contributed by atoms with Crippen LogP contribution in [0.2, 0.25) is 5.02 Å². The smallest absolute Gasteiger partial charge is 0.387 e. The topological polar surface area (TPSA) is 146 Å². The predicted molar refractivity (Wildman–Crippen MR) is 224 cm³/mol. The number of nitriles is 2. The zero-order valence-electron chi connectivity index (χ0n) is 35.7. The molecule has 3 aliphatic heterocycles. The largest absolute Gasteiger partial charge is 0.433 e. The van der Waals surface area contributed by atoms with E-state index in [9.17, 15) is 41.7 Å². The van der Waals surface area contributed by atoms with Gasteiger partial charge in [0.05, 0.1) is 33.0 Å². The highest BCUT2D eigenvalue weighted by molar-refractivity contribution is 6.32. The minimum Gasteiger partial charge on any atom is -0.433 e. The fourth-order valence-corrected chi connectivity index (χ4v) is 8.14. The van der Waals surface area contributed by atoms with Crippen molar-refractivity contribution in [2.45, 2.75) is 102 Å². The van der Waals surface area contributed by atoms with Crippen LogP contribution in [0, 0.1) is 22.7 Å². The number of halogens is 7. The molecule has 3 aromatic carbocycles. The van der Waals surface area contributed by atoms with E-state index < -0.39 is 36.6 Å². The Morgan fingerprint density at radius 1 is 0.556 bits per heavy atom. The molecule has 0 spiro atoms. The summed E-state index contributed by atoms with van der Waals surface area (Å²) in [6, 6.07) is 17.0. The highest BCUT2D eigenvalue weighted by atomic mass is 35.5. The fourth-order valence-electron chi connectivity index (χ4n) is 7.98. The van der Waals surface area contributed by atoms with Crippen molar-refractivity contribution in [1.82, 2.24) is 14.7 Å². The zero-order chi connectivity index (χ0) is 46.4. The first kappa shape index (κ1) is 51.3. The standard InChI is InChI=1S/C16H20F2N2O2.C15H18F2N2O2.C14H18ClF2NO2/c1-2-7-20-8-5-16(21,6-9-20)13-4-3-12(11-19)14(10-13)22-15(17)18;1-2-19-7-5-15(20,6-8-19)12-4-3-11(10-18)13(9-12)21-14(16)17;1-2-18-7-5-14(19,6-8-18)10-3-4-11(15)12(9-10)20-13(16)17/h3-4,10,15,21H,2,5-9H2,1H3;3-4,9,14,20H,2,5-8H2,1H3;3-4,9,13,19H,2,5-8H2,1H3. The highest BCUT2D eigenvalue weighted by Gasteiger charge is 2.37. The second-order valence-electron chi connectivity index (χ2n) is 15.7. The van der Waals surface area contributed by atoms with Gasteiger partial charge in [0.2, 0.25) is 0 Å². The lowest BCUT2D eigenvalue weighted by Crippen LogP contribution is -2.42. The number of alkyl halides is 6. The average molecular weight is 912 g/mol. The lowest BCUT2D eigenvalue weighted by atomic mass is 9.84. The van der Waals surface area contributed by atoms with Gasteiger partial charge in [-0.1, -0.05) is 50.6 Å². The Morgan fingerprint density at radius 2 is 0.873 bits per heavy atom. The van der Waals surface area contributed by atoms with Gasteiger partial charge in [0.1, 0.15) is 29.4 Å². The molecule has 6 rings (SSSR count). The van der Waals surface area contributed by atoms with Gasteiger partial charge in [0.15, 0.2) is 0 Å². The van der Waals surface area contributed by atoms with Crippen molar-refractivity contribution in [2.75, 3.05) is 58.9 Å². The van der Waals surface area contributed by atoms with Crippen molar-refractivity contribution in [1.29, 1.82) is 10.5 Å². The number of nitrogens with zero attached hydrogens (tertiary/aromatic N) is 5. The molecule has 0 aromatic heterocycles. The van der Waals surface area contributed by atoms with E-state index in [0.717, 1.165) is 65.3 Å². The molecular formula is C45H56ClF6N5O6. The lowest BCUT2D eigenvalue weighted by molar-refractivity contribution is -0.0518. The van der Waals surface area contributed by atoms with Gasteiger partial charge in [-0.05, 0) is 118 Å². The number of ether oxygens (including phenoxy) is 3. The van der Waals surface area contributed by atoms with Gasteiger partial charge in [0.25, 0.3) is 0 Å². The number of piperidine rings is 3. The fraction of sp³-hybridized carbons (Fsp3) is 0.556. The molecule has 63 heavy (non-hydrogen) atoms. The van der Waals surface area contributed by atoms with Crippen LogP contribution in [0.25, 0.3) is 0 Å². The third-order valence-electron chi connectivity index (χ3n) is 11.9.